The Kier molecular flexibility index (Phi) is 10.8. The molecule has 0 aromatic heterocycles. The summed E-state index contributed by atoms with van der Waals surface area (Å²) in [5.74, 6) is -1.51. The van der Waals surface area contributed by atoms with Crippen LogP contribution < -0.4 is 0 Å². The van der Waals surface area contributed by atoms with Crippen molar-refractivity contribution in [3.05, 3.63) is 25.3 Å². The zero-order valence-electron chi connectivity index (χ0n) is 22.9. The Labute approximate surface area is 222 Å². The van der Waals surface area contributed by atoms with E-state index in [2.05, 4.69) is 20.1 Å². The molecule has 3 rings (SSSR count). The van der Waals surface area contributed by atoms with E-state index < -0.39 is 23.5 Å². The highest BCUT2D eigenvalue weighted by atomic mass is 16.5. The van der Waals surface area contributed by atoms with E-state index in [-0.39, 0.29) is 30.4 Å². The number of aliphatic hydroxyl groups excluding tert-OH is 1. The van der Waals surface area contributed by atoms with Crippen LogP contribution in [0.4, 0.5) is 0 Å². The van der Waals surface area contributed by atoms with E-state index in [4.69, 9.17) is 4.74 Å². The highest BCUT2D eigenvalue weighted by Gasteiger charge is 2.74. The summed E-state index contributed by atoms with van der Waals surface area (Å²) in [7, 11) is 0. The van der Waals surface area contributed by atoms with Crippen LogP contribution in [0.5, 0.6) is 0 Å². The van der Waals surface area contributed by atoms with Crippen LogP contribution >= 0.6 is 0 Å². The lowest BCUT2D eigenvalue weighted by molar-refractivity contribution is -0.148. The van der Waals surface area contributed by atoms with Gasteiger partial charge in [0.25, 0.3) is 0 Å². The first-order valence-electron chi connectivity index (χ1n) is 14.3. The molecule has 208 valence electrons. The Hall–Kier alpha value is -2.19. The average Bonchev–Trinajstić information content (AvgIpc) is 3.53. The minimum atomic E-state index is -0.966. The number of carbonyl (C=O) groups excluding carboxylic acids is 3. The Morgan fingerprint density at radius 2 is 1.73 bits per heavy atom. The summed E-state index contributed by atoms with van der Waals surface area (Å²) in [6, 6.07) is -0.734. The molecule has 0 aromatic carbocycles. The summed E-state index contributed by atoms with van der Waals surface area (Å²) in [5.41, 5.74) is -0.966. The Morgan fingerprint density at radius 3 is 2.35 bits per heavy atom. The van der Waals surface area contributed by atoms with Gasteiger partial charge in [0.15, 0.2) is 0 Å². The first kappa shape index (κ1) is 29.4. The van der Waals surface area contributed by atoms with Gasteiger partial charge >= 0.3 is 0 Å². The van der Waals surface area contributed by atoms with Crippen LogP contribution in [-0.4, -0.2) is 94.6 Å². The number of aliphatic hydroxyl groups is 1. The van der Waals surface area contributed by atoms with Gasteiger partial charge in [0.05, 0.1) is 17.9 Å². The molecule has 2 bridgehead atoms. The Morgan fingerprint density at radius 1 is 1.03 bits per heavy atom. The van der Waals surface area contributed by atoms with Gasteiger partial charge in [-0.25, -0.2) is 0 Å². The molecule has 3 fully saturated rings. The molecule has 3 aliphatic rings. The SMILES string of the molecule is C=CCN(CCCCC)C(=O)C1N(CCCCCO)C(=O)[C@@H]2[C@H](C(=O)N(CC=C)CCC)[C@@H]3CCC12O3. The number of likely N-dealkylation sites (tertiary alicyclic amines) is 1. The summed E-state index contributed by atoms with van der Waals surface area (Å²) < 4.78 is 6.59. The molecule has 0 aromatic rings. The molecule has 3 saturated heterocycles. The summed E-state index contributed by atoms with van der Waals surface area (Å²) in [5, 5.41) is 9.22. The molecule has 3 aliphatic heterocycles. The third-order valence-electron chi connectivity index (χ3n) is 8.22. The smallest absolute Gasteiger partial charge is 0.248 e. The number of carbonyl (C=O) groups is 3. The summed E-state index contributed by atoms with van der Waals surface area (Å²) in [6.45, 7) is 14.4. The zero-order valence-corrected chi connectivity index (χ0v) is 22.9. The van der Waals surface area contributed by atoms with Crippen molar-refractivity contribution in [2.75, 3.05) is 39.3 Å². The monoisotopic (exact) mass is 517 g/mol. The fourth-order valence-electron chi connectivity index (χ4n) is 6.63. The molecule has 8 nitrogen and oxygen atoms in total. The Balaban J connectivity index is 1.95. The number of ether oxygens (including phenoxy) is 1. The van der Waals surface area contributed by atoms with Crippen LogP contribution in [0, 0.1) is 11.8 Å². The molecular weight excluding hydrogens is 470 g/mol. The van der Waals surface area contributed by atoms with Crippen LogP contribution in [0.25, 0.3) is 0 Å². The Bertz CT molecular complexity index is 832. The maximum atomic E-state index is 14.2. The molecule has 1 N–H and O–H groups in total. The lowest BCUT2D eigenvalue weighted by Gasteiger charge is -2.37. The van der Waals surface area contributed by atoms with Crippen molar-refractivity contribution in [2.24, 2.45) is 11.8 Å². The molecule has 5 atom stereocenters. The van der Waals surface area contributed by atoms with Crippen molar-refractivity contribution in [1.29, 1.82) is 0 Å². The topological polar surface area (TPSA) is 90.4 Å². The quantitative estimate of drug-likeness (QED) is 0.236. The maximum Gasteiger partial charge on any atom is 0.248 e. The molecule has 3 heterocycles. The van der Waals surface area contributed by atoms with Gasteiger partial charge in [0, 0.05) is 39.3 Å². The first-order chi connectivity index (χ1) is 17.9. The number of hydrogen-bond donors (Lipinski definition) is 1. The van der Waals surface area contributed by atoms with E-state index in [0.29, 0.717) is 58.4 Å². The molecule has 0 radical (unpaired) electrons. The highest BCUT2D eigenvalue weighted by Crippen LogP contribution is 2.59. The zero-order chi connectivity index (χ0) is 27.0. The van der Waals surface area contributed by atoms with Crippen molar-refractivity contribution in [3.63, 3.8) is 0 Å². The summed E-state index contributed by atoms with van der Waals surface area (Å²) in [4.78, 5) is 47.3. The van der Waals surface area contributed by atoms with Crippen LogP contribution in [0.15, 0.2) is 25.3 Å². The van der Waals surface area contributed by atoms with E-state index in [0.717, 1.165) is 32.1 Å². The molecule has 0 saturated carbocycles. The average molecular weight is 518 g/mol. The number of amides is 3. The number of unbranched alkanes of at least 4 members (excludes halogenated alkanes) is 4. The fourth-order valence-corrected chi connectivity index (χ4v) is 6.63. The first-order valence-corrected chi connectivity index (χ1v) is 14.3. The molecular formula is C29H47N3O5. The van der Waals surface area contributed by atoms with Crippen LogP contribution in [-0.2, 0) is 19.1 Å². The molecule has 3 amide bonds. The molecule has 8 heteroatoms. The van der Waals surface area contributed by atoms with E-state index >= 15 is 0 Å². The van der Waals surface area contributed by atoms with Crippen molar-refractivity contribution in [3.8, 4) is 0 Å². The van der Waals surface area contributed by atoms with Gasteiger partial charge in [-0.05, 0) is 44.9 Å². The lowest BCUT2D eigenvalue weighted by atomic mass is 9.70. The molecule has 37 heavy (non-hydrogen) atoms. The predicted molar refractivity (Wildman–Crippen MR) is 144 cm³/mol. The highest BCUT2D eigenvalue weighted by molar-refractivity contribution is 5.99. The third kappa shape index (κ3) is 5.80. The maximum absolute atomic E-state index is 14.2. The van der Waals surface area contributed by atoms with Crippen LogP contribution in [0.2, 0.25) is 0 Å². The van der Waals surface area contributed by atoms with Gasteiger partial charge in [-0.15, -0.1) is 13.2 Å². The van der Waals surface area contributed by atoms with Gasteiger partial charge in [-0.1, -0.05) is 38.8 Å². The predicted octanol–water partition coefficient (Wildman–Crippen LogP) is 3.15. The van der Waals surface area contributed by atoms with E-state index in [9.17, 15) is 19.5 Å². The van der Waals surface area contributed by atoms with Crippen molar-refractivity contribution < 1.29 is 24.2 Å². The lowest BCUT2D eigenvalue weighted by Crippen LogP contribution is -2.56. The number of rotatable bonds is 17. The number of fused-ring (bicyclic) bond motifs is 1. The second kappa shape index (κ2) is 13.6. The fraction of sp³-hybridized carbons (Fsp3) is 0.759. The second-order valence-electron chi connectivity index (χ2n) is 10.7. The van der Waals surface area contributed by atoms with Crippen molar-refractivity contribution in [1.82, 2.24) is 14.7 Å². The minimum absolute atomic E-state index is 0.0640. The molecule has 0 aliphatic carbocycles. The minimum Gasteiger partial charge on any atom is -0.396 e. The summed E-state index contributed by atoms with van der Waals surface area (Å²) >= 11 is 0. The molecule has 2 unspecified atom stereocenters. The van der Waals surface area contributed by atoms with Gasteiger partial charge in [0.1, 0.15) is 11.6 Å². The van der Waals surface area contributed by atoms with Gasteiger partial charge < -0.3 is 24.5 Å². The van der Waals surface area contributed by atoms with Gasteiger partial charge in [0.2, 0.25) is 17.7 Å². The van der Waals surface area contributed by atoms with Crippen molar-refractivity contribution >= 4 is 17.7 Å². The van der Waals surface area contributed by atoms with Gasteiger partial charge in [-0.2, -0.15) is 0 Å². The largest absolute Gasteiger partial charge is 0.396 e. The third-order valence-corrected chi connectivity index (χ3v) is 8.22. The number of hydrogen-bond acceptors (Lipinski definition) is 5. The van der Waals surface area contributed by atoms with Crippen LogP contribution in [0.3, 0.4) is 0 Å². The van der Waals surface area contributed by atoms with E-state index in [1.165, 1.54) is 0 Å². The molecule has 1 spiro atoms. The normalized spacial score (nSPS) is 27.9. The van der Waals surface area contributed by atoms with Crippen molar-refractivity contribution in [2.45, 2.75) is 89.4 Å². The standard InChI is InChI=1S/C29H47N3O5/c1-5-9-11-19-31(18-8-4)28(36)25-29-15-14-22(37-29)23(26(34)30(16-6-2)17-7-3)24(29)27(35)32(25)20-12-10-13-21-33/h6,8,22-25,33H,2,4-5,7,9-21H2,1,3H3/t22-,23+,24-,25?,29?/m0/s1. The number of nitrogens with zero attached hydrogens (tertiary/aromatic N) is 3. The van der Waals surface area contributed by atoms with E-state index in [1.54, 1.807) is 22.0 Å². The van der Waals surface area contributed by atoms with Gasteiger partial charge in [-0.3, -0.25) is 14.4 Å². The van der Waals surface area contributed by atoms with Crippen LogP contribution in [0.1, 0.15) is 71.6 Å². The summed E-state index contributed by atoms with van der Waals surface area (Å²) in [6.07, 6.45) is 10.3. The second-order valence-corrected chi connectivity index (χ2v) is 10.7. The van der Waals surface area contributed by atoms with E-state index in [1.807, 2.05) is 11.8 Å².